The number of oxazole rings is 1. The first kappa shape index (κ1) is 17.3. The molecule has 3 aromatic rings. The van der Waals surface area contributed by atoms with Gasteiger partial charge in [-0.3, -0.25) is 10.1 Å². The van der Waals surface area contributed by atoms with Crippen molar-refractivity contribution in [3.63, 3.8) is 0 Å². The van der Waals surface area contributed by atoms with Gasteiger partial charge in [0.1, 0.15) is 5.69 Å². The molecule has 0 spiro atoms. The van der Waals surface area contributed by atoms with Crippen molar-refractivity contribution in [3.05, 3.63) is 89.1 Å². The van der Waals surface area contributed by atoms with Gasteiger partial charge in [0.25, 0.3) is 5.91 Å². The van der Waals surface area contributed by atoms with Crippen LogP contribution in [0.4, 0.5) is 5.88 Å². The molecule has 0 atom stereocenters. The van der Waals surface area contributed by atoms with Crippen molar-refractivity contribution in [2.45, 2.75) is 12.8 Å². The summed E-state index contributed by atoms with van der Waals surface area (Å²) in [6.07, 6.45) is 7.86. The number of amides is 1. The number of allylic oxidation sites excluding steroid dienone is 4. The highest BCUT2D eigenvalue weighted by Gasteiger charge is 2.21. The molecule has 0 fully saturated rings. The van der Waals surface area contributed by atoms with Crippen molar-refractivity contribution in [2.75, 3.05) is 5.32 Å². The molecule has 1 heterocycles. The van der Waals surface area contributed by atoms with Crippen LogP contribution in [0.5, 0.6) is 0 Å². The summed E-state index contributed by atoms with van der Waals surface area (Å²) in [6, 6.07) is 16.5. The van der Waals surface area contributed by atoms with Crippen LogP contribution < -0.4 is 5.32 Å². The summed E-state index contributed by atoms with van der Waals surface area (Å²) in [5.74, 6) is 0.473. The van der Waals surface area contributed by atoms with Gasteiger partial charge in [-0.15, -0.1) is 0 Å². The van der Waals surface area contributed by atoms with Crippen LogP contribution in [-0.4, -0.2) is 10.9 Å². The van der Waals surface area contributed by atoms with E-state index in [0.717, 1.165) is 24.0 Å². The zero-order valence-electron chi connectivity index (χ0n) is 14.5. The van der Waals surface area contributed by atoms with Gasteiger partial charge in [-0.1, -0.05) is 60.2 Å². The Labute approximate surface area is 162 Å². The molecule has 4 rings (SSSR count). The maximum atomic E-state index is 12.7. The molecule has 1 aliphatic rings. The summed E-state index contributed by atoms with van der Waals surface area (Å²) >= 11 is 6.15. The van der Waals surface area contributed by atoms with Crippen LogP contribution in [0.15, 0.2) is 77.2 Å². The molecule has 1 amide bonds. The molecule has 0 unspecified atom stereocenters. The molecular formula is C22H17ClN2O2. The van der Waals surface area contributed by atoms with Crippen LogP contribution in [0.25, 0.3) is 17.0 Å². The quantitative estimate of drug-likeness (QED) is 0.609. The zero-order valence-corrected chi connectivity index (χ0v) is 15.2. The SMILES string of the molecule is O=C(Nc1oc(-c2ccccc2)nc1C1=CC=CCC1)c1ccccc1Cl. The lowest BCUT2D eigenvalue weighted by Crippen LogP contribution is -2.13. The summed E-state index contributed by atoms with van der Waals surface area (Å²) in [6.45, 7) is 0. The fourth-order valence-electron chi connectivity index (χ4n) is 2.94. The Morgan fingerprint density at radius 3 is 2.59 bits per heavy atom. The summed E-state index contributed by atoms with van der Waals surface area (Å²) in [5, 5.41) is 3.23. The number of rotatable bonds is 4. The van der Waals surface area contributed by atoms with Crippen LogP contribution in [0.1, 0.15) is 28.9 Å². The van der Waals surface area contributed by atoms with E-state index in [9.17, 15) is 4.79 Å². The third-order valence-electron chi connectivity index (χ3n) is 4.31. The highest BCUT2D eigenvalue weighted by molar-refractivity contribution is 6.34. The minimum atomic E-state index is -0.329. The zero-order chi connectivity index (χ0) is 18.6. The number of nitrogens with zero attached hydrogens (tertiary/aromatic N) is 1. The number of carbonyl (C=O) groups is 1. The first-order valence-electron chi connectivity index (χ1n) is 8.70. The molecule has 4 nitrogen and oxygen atoms in total. The van der Waals surface area contributed by atoms with E-state index in [4.69, 9.17) is 16.0 Å². The van der Waals surface area contributed by atoms with Crippen LogP contribution >= 0.6 is 11.6 Å². The fourth-order valence-corrected chi connectivity index (χ4v) is 3.16. The molecule has 1 aromatic heterocycles. The predicted molar refractivity (Wildman–Crippen MR) is 108 cm³/mol. The van der Waals surface area contributed by atoms with Crippen LogP contribution in [-0.2, 0) is 0 Å². The van der Waals surface area contributed by atoms with Gasteiger partial charge < -0.3 is 4.42 Å². The molecule has 134 valence electrons. The van der Waals surface area contributed by atoms with Crippen LogP contribution in [0.3, 0.4) is 0 Å². The second-order valence-electron chi connectivity index (χ2n) is 6.16. The van der Waals surface area contributed by atoms with Gasteiger partial charge in [-0.2, -0.15) is 0 Å². The third kappa shape index (κ3) is 3.71. The largest absolute Gasteiger partial charge is 0.420 e. The smallest absolute Gasteiger partial charge is 0.259 e. The van der Waals surface area contributed by atoms with Crippen molar-refractivity contribution < 1.29 is 9.21 Å². The van der Waals surface area contributed by atoms with Crippen molar-refractivity contribution in [3.8, 4) is 11.5 Å². The second-order valence-corrected chi connectivity index (χ2v) is 6.56. The number of carbonyl (C=O) groups excluding carboxylic acids is 1. The van der Waals surface area contributed by atoms with Gasteiger partial charge in [-0.25, -0.2) is 4.98 Å². The number of hydrogen-bond donors (Lipinski definition) is 1. The number of hydrogen-bond acceptors (Lipinski definition) is 3. The molecule has 0 saturated carbocycles. The van der Waals surface area contributed by atoms with Gasteiger partial charge in [0, 0.05) is 5.56 Å². The Balaban J connectivity index is 1.73. The fraction of sp³-hybridized carbons (Fsp3) is 0.0909. The summed E-state index contributed by atoms with van der Waals surface area (Å²) < 4.78 is 5.94. The van der Waals surface area contributed by atoms with Crippen molar-refractivity contribution in [1.29, 1.82) is 0 Å². The van der Waals surface area contributed by atoms with Crippen molar-refractivity contribution >= 4 is 29.0 Å². The lowest BCUT2D eigenvalue weighted by molar-refractivity contribution is 0.102. The Hall–Kier alpha value is -3.11. The summed E-state index contributed by atoms with van der Waals surface area (Å²) in [5.41, 5.74) is 2.92. The highest BCUT2D eigenvalue weighted by atomic mass is 35.5. The normalized spacial score (nSPS) is 13.3. The van der Waals surface area contributed by atoms with Gasteiger partial charge in [0.15, 0.2) is 0 Å². The lowest BCUT2D eigenvalue weighted by atomic mass is 10.0. The van der Waals surface area contributed by atoms with Crippen molar-refractivity contribution in [1.82, 2.24) is 4.98 Å². The van der Waals surface area contributed by atoms with Crippen LogP contribution in [0.2, 0.25) is 5.02 Å². The first-order valence-corrected chi connectivity index (χ1v) is 9.08. The maximum absolute atomic E-state index is 12.7. The lowest BCUT2D eigenvalue weighted by Gasteiger charge is -2.09. The first-order chi connectivity index (χ1) is 13.2. The molecule has 2 aromatic carbocycles. The number of anilines is 1. The number of nitrogens with one attached hydrogen (secondary N) is 1. The Kier molecular flexibility index (Phi) is 4.90. The van der Waals surface area contributed by atoms with E-state index in [2.05, 4.69) is 16.4 Å². The monoisotopic (exact) mass is 376 g/mol. The average Bonchev–Trinajstić information content (AvgIpc) is 3.13. The van der Waals surface area contributed by atoms with E-state index in [0.29, 0.717) is 28.1 Å². The van der Waals surface area contributed by atoms with Gasteiger partial charge >= 0.3 is 0 Å². The topological polar surface area (TPSA) is 55.1 Å². The molecule has 0 aliphatic heterocycles. The molecule has 0 bridgehead atoms. The van der Waals surface area contributed by atoms with Crippen molar-refractivity contribution in [2.24, 2.45) is 0 Å². The van der Waals surface area contributed by atoms with Gasteiger partial charge in [0.2, 0.25) is 11.8 Å². The maximum Gasteiger partial charge on any atom is 0.259 e. The Morgan fingerprint density at radius 2 is 1.85 bits per heavy atom. The highest BCUT2D eigenvalue weighted by Crippen LogP contribution is 2.34. The minimum Gasteiger partial charge on any atom is -0.420 e. The Bertz CT molecular complexity index is 1040. The van der Waals surface area contributed by atoms with E-state index < -0.39 is 0 Å². The van der Waals surface area contributed by atoms with Crippen LogP contribution in [0, 0.1) is 0 Å². The third-order valence-corrected chi connectivity index (χ3v) is 4.64. The molecule has 27 heavy (non-hydrogen) atoms. The second kappa shape index (κ2) is 7.64. The molecule has 1 aliphatic carbocycles. The molecule has 5 heteroatoms. The number of aromatic nitrogens is 1. The van der Waals surface area contributed by atoms with Gasteiger partial charge in [-0.05, 0) is 42.7 Å². The number of benzene rings is 2. The molecular weight excluding hydrogens is 360 g/mol. The minimum absolute atomic E-state index is 0.329. The molecule has 0 radical (unpaired) electrons. The van der Waals surface area contributed by atoms with E-state index in [1.807, 2.05) is 42.5 Å². The summed E-state index contributed by atoms with van der Waals surface area (Å²) in [4.78, 5) is 17.4. The van der Waals surface area contributed by atoms with E-state index in [-0.39, 0.29) is 5.91 Å². The summed E-state index contributed by atoms with van der Waals surface area (Å²) in [7, 11) is 0. The number of halogens is 1. The van der Waals surface area contributed by atoms with E-state index >= 15 is 0 Å². The predicted octanol–water partition coefficient (Wildman–Crippen LogP) is 5.98. The molecule has 0 saturated heterocycles. The van der Waals surface area contributed by atoms with E-state index in [1.165, 1.54) is 0 Å². The molecule has 1 N–H and O–H groups in total. The van der Waals surface area contributed by atoms with Gasteiger partial charge in [0.05, 0.1) is 10.6 Å². The average molecular weight is 377 g/mol. The van der Waals surface area contributed by atoms with E-state index in [1.54, 1.807) is 24.3 Å². The Morgan fingerprint density at radius 1 is 1.07 bits per heavy atom. The standard InChI is InChI=1S/C22H17ClN2O2/c23-18-14-8-7-13-17(18)20(26)25-22-19(15-9-3-1-4-10-15)24-21(27-22)16-11-5-2-6-12-16/h1-3,5-9,11-14H,4,10H2,(H,25,26).